The SMILES string of the molecule is C[C@H]1CCCCN1C(=N)n1cc(O)ccc1=N. The number of hydrogen-bond donors (Lipinski definition) is 3. The minimum Gasteiger partial charge on any atom is -0.506 e. The lowest BCUT2D eigenvalue weighted by molar-refractivity contribution is 0.249. The summed E-state index contributed by atoms with van der Waals surface area (Å²) < 4.78 is 1.41. The van der Waals surface area contributed by atoms with Gasteiger partial charge < -0.3 is 10.0 Å². The van der Waals surface area contributed by atoms with Gasteiger partial charge in [0.2, 0.25) is 5.96 Å². The van der Waals surface area contributed by atoms with Crippen molar-refractivity contribution >= 4 is 5.96 Å². The molecule has 0 aliphatic carbocycles. The summed E-state index contributed by atoms with van der Waals surface area (Å²) in [7, 11) is 0. The predicted octanol–water partition coefficient (Wildman–Crippen LogP) is 1.33. The van der Waals surface area contributed by atoms with Gasteiger partial charge in [0.1, 0.15) is 11.2 Å². The molecule has 0 aromatic carbocycles. The topological polar surface area (TPSA) is 76.1 Å². The van der Waals surface area contributed by atoms with E-state index in [1.54, 1.807) is 0 Å². The second-order valence-corrected chi connectivity index (χ2v) is 4.50. The van der Waals surface area contributed by atoms with Crippen LogP contribution in [0.3, 0.4) is 0 Å². The van der Waals surface area contributed by atoms with Gasteiger partial charge >= 0.3 is 0 Å². The first-order chi connectivity index (χ1) is 8.09. The van der Waals surface area contributed by atoms with Crippen LogP contribution in [0.25, 0.3) is 0 Å². The van der Waals surface area contributed by atoms with Gasteiger partial charge in [-0.1, -0.05) is 0 Å². The molecule has 1 fully saturated rings. The Morgan fingerprint density at radius 1 is 1.41 bits per heavy atom. The molecule has 2 rings (SSSR count). The molecule has 0 radical (unpaired) electrons. The molecule has 0 bridgehead atoms. The molecule has 5 heteroatoms. The average molecular weight is 234 g/mol. The Balaban J connectivity index is 2.30. The van der Waals surface area contributed by atoms with Gasteiger partial charge in [0.15, 0.2) is 0 Å². The minimum atomic E-state index is 0.0791. The van der Waals surface area contributed by atoms with E-state index in [1.807, 2.05) is 4.90 Å². The van der Waals surface area contributed by atoms with E-state index in [0.717, 1.165) is 19.4 Å². The molecule has 1 saturated heterocycles. The third-order valence-corrected chi connectivity index (χ3v) is 3.24. The van der Waals surface area contributed by atoms with Crippen LogP contribution in [0.4, 0.5) is 0 Å². The molecule has 0 amide bonds. The number of hydrogen-bond acceptors (Lipinski definition) is 3. The van der Waals surface area contributed by atoms with Crippen molar-refractivity contribution in [3.05, 3.63) is 23.8 Å². The number of pyridine rings is 1. The summed E-state index contributed by atoms with van der Waals surface area (Å²) in [6, 6.07) is 3.29. The molecule has 1 atom stereocenters. The zero-order valence-electron chi connectivity index (χ0n) is 9.98. The van der Waals surface area contributed by atoms with Crippen molar-refractivity contribution in [2.75, 3.05) is 6.54 Å². The van der Waals surface area contributed by atoms with Crippen molar-refractivity contribution in [1.82, 2.24) is 9.47 Å². The van der Waals surface area contributed by atoms with E-state index in [0.29, 0.717) is 6.04 Å². The van der Waals surface area contributed by atoms with E-state index < -0.39 is 0 Å². The van der Waals surface area contributed by atoms with Crippen LogP contribution in [0.1, 0.15) is 26.2 Å². The van der Waals surface area contributed by atoms with Gasteiger partial charge in [-0.15, -0.1) is 0 Å². The molecule has 1 aliphatic heterocycles. The molecule has 17 heavy (non-hydrogen) atoms. The fourth-order valence-corrected chi connectivity index (χ4v) is 2.22. The highest BCUT2D eigenvalue weighted by atomic mass is 16.3. The van der Waals surface area contributed by atoms with Gasteiger partial charge in [-0.05, 0) is 38.3 Å². The average Bonchev–Trinajstić information content (AvgIpc) is 2.32. The number of likely N-dealkylation sites (tertiary alicyclic amines) is 1. The second kappa shape index (κ2) is 4.61. The fourth-order valence-electron chi connectivity index (χ4n) is 2.22. The van der Waals surface area contributed by atoms with Crippen LogP contribution in [-0.2, 0) is 0 Å². The van der Waals surface area contributed by atoms with Crippen LogP contribution in [0.5, 0.6) is 5.75 Å². The van der Waals surface area contributed by atoms with Crippen molar-refractivity contribution in [3.8, 4) is 5.75 Å². The summed E-state index contributed by atoms with van der Waals surface area (Å²) in [5, 5.41) is 25.3. The first-order valence-electron chi connectivity index (χ1n) is 5.91. The second-order valence-electron chi connectivity index (χ2n) is 4.50. The minimum absolute atomic E-state index is 0.0791. The predicted molar refractivity (Wildman–Crippen MR) is 65.1 cm³/mol. The normalized spacial score (nSPS) is 20.3. The maximum atomic E-state index is 9.43. The first-order valence-corrected chi connectivity index (χ1v) is 5.91. The van der Waals surface area contributed by atoms with Gasteiger partial charge in [0, 0.05) is 12.6 Å². The van der Waals surface area contributed by atoms with Crippen molar-refractivity contribution in [1.29, 1.82) is 10.8 Å². The molecule has 0 unspecified atom stereocenters. The Morgan fingerprint density at radius 2 is 2.18 bits per heavy atom. The zero-order valence-corrected chi connectivity index (χ0v) is 9.98. The molecule has 1 aliphatic rings. The summed E-state index contributed by atoms with van der Waals surface area (Å²) >= 11 is 0. The monoisotopic (exact) mass is 234 g/mol. The highest BCUT2D eigenvalue weighted by Crippen LogP contribution is 2.17. The van der Waals surface area contributed by atoms with E-state index >= 15 is 0 Å². The molecule has 92 valence electrons. The summed E-state index contributed by atoms with van der Waals surface area (Å²) in [4.78, 5) is 1.99. The molecule has 2 heterocycles. The van der Waals surface area contributed by atoms with Crippen molar-refractivity contribution < 1.29 is 5.11 Å². The standard InChI is InChI=1S/C12H18N4O/c1-9-4-2-3-7-15(9)12(14)16-8-10(17)5-6-11(16)13/h5-6,8-9,13-14,17H,2-4,7H2,1H3/t9-/m0/s1. The number of nitrogens with one attached hydrogen (secondary N) is 2. The van der Waals surface area contributed by atoms with E-state index in [-0.39, 0.29) is 17.2 Å². The van der Waals surface area contributed by atoms with Gasteiger partial charge in [-0.3, -0.25) is 15.4 Å². The number of nitrogens with zero attached hydrogens (tertiary/aromatic N) is 2. The molecule has 0 saturated carbocycles. The third kappa shape index (κ3) is 2.33. The summed E-state index contributed by atoms with van der Waals surface area (Å²) in [5.74, 6) is 0.355. The van der Waals surface area contributed by atoms with Crippen LogP contribution in [0.2, 0.25) is 0 Å². The van der Waals surface area contributed by atoms with Crippen LogP contribution in [0.15, 0.2) is 18.3 Å². The molecule has 3 N–H and O–H groups in total. The van der Waals surface area contributed by atoms with Gasteiger partial charge in [-0.2, -0.15) is 0 Å². The van der Waals surface area contributed by atoms with Crippen molar-refractivity contribution in [2.24, 2.45) is 0 Å². The maximum Gasteiger partial charge on any atom is 0.204 e. The Morgan fingerprint density at radius 3 is 2.88 bits per heavy atom. The number of aromatic hydroxyl groups is 1. The Labute approximate surface area is 100 Å². The van der Waals surface area contributed by atoms with Crippen LogP contribution in [0, 0.1) is 10.8 Å². The van der Waals surface area contributed by atoms with E-state index in [4.69, 9.17) is 10.8 Å². The lowest BCUT2D eigenvalue weighted by Gasteiger charge is -2.35. The Kier molecular flexibility index (Phi) is 3.17. The quantitative estimate of drug-likeness (QED) is 0.468. The summed E-state index contributed by atoms with van der Waals surface area (Å²) in [6.45, 7) is 2.95. The Bertz CT molecular complexity index is 480. The van der Waals surface area contributed by atoms with Crippen LogP contribution in [-0.4, -0.2) is 33.1 Å². The fraction of sp³-hybridized carbons (Fsp3) is 0.500. The molecule has 1 aromatic rings. The molecular formula is C12H18N4O. The third-order valence-electron chi connectivity index (χ3n) is 3.24. The van der Waals surface area contributed by atoms with E-state index in [2.05, 4.69) is 6.92 Å². The van der Waals surface area contributed by atoms with Gasteiger partial charge in [0.05, 0.1) is 6.20 Å². The van der Waals surface area contributed by atoms with Crippen molar-refractivity contribution in [3.63, 3.8) is 0 Å². The van der Waals surface area contributed by atoms with E-state index in [1.165, 1.54) is 29.3 Å². The highest BCUT2D eigenvalue weighted by molar-refractivity contribution is 5.79. The number of piperidine rings is 1. The largest absolute Gasteiger partial charge is 0.506 e. The molecule has 0 spiro atoms. The van der Waals surface area contributed by atoms with Crippen LogP contribution >= 0.6 is 0 Å². The molecule has 1 aromatic heterocycles. The van der Waals surface area contributed by atoms with Crippen LogP contribution < -0.4 is 5.49 Å². The van der Waals surface area contributed by atoms with Crippen molar-refractivity contribution in [2.45, 2.75) is 32.2 Å². The number of rotatable bonds is 0. The lowest BCUT2D eigenvalue weighted by atomic mass is 10.0. The number of aromatic nitrogens is 1. The first kappa shape index (κ1) is 11.7. The molecule has 5 nitrogen and oxygen atoms in total. The molecular weight excluding hydrogens is 216 g/mol. The van der Waals surface area contributed by atoms with Gasteiger partial charge in [-0.25, -0.2) is 0 Å². The van der Waals surface area contributed by atoms with E-state index in [9.17, 15) is 5.11 Å². The lowest BCUT2D eigenvalue weighted by Crippen LogP contribution is -2.47. The summed E-state index contributed by atoms with van der Waals surface area (Å²) in [6.07, 6.45) is 4.78. The van der Waals surface area contributed by atoms with Gasteiger partial charge in [0.25, 0.3) is 0 Å². The smallest absolute Gasteiger partial charge is 0.204 e. The Hall–Kier alpha value is -1.78. The maximum absolute atomic E-state index is 9.43. The summed E-state index contributed by atoms with van der Waals surface area (Å²) in [5.41, 5.74) is 0.213. The zero-order chi connectivity index (χ0) is 12.4. The highest BCUT2D eigenvalue weighted by Gasteiger charge is 2.21.